The van der Waals surface area contributed by atoms with Crippen LogP contribution in [0.3, 0.4) is 0 Å². The van der Waals surface area contributed by atoms with Crippen LogP contribution in [0, 0.1) is 5.41 Å². The van der Waals surface area contributed by atoms with E-state index in [1.54, 1.807) is 0 Å². The fourth-order valence-electron chi connectivity index (χ4n) is 2.94. The summed E-state index contributed by atoms with van der Waals surface area (Å²) in [5, 5.41) is 0. The number of hydrogen-bond acceptors (Lipinski definition) is 3. The number of morpholine rings is 1. The van der Waals surface area contributed by atoms with Crippen molar-refractivity contribution >= 4 is 11.8 Å². The minimum absolute atomic E-state index is 0.0442. The molecule has 0 aromatic carbocycles. The van der Waals surface area contributed by atoms with E-state index in [2.05, 4.69) is 0 Å². The van der Waals surface area contributed by atoms with Crippen molar-refractivity contribution in [1.82, 2.24) is 9.80 Å². The van der Waals surface area contributed by atoms with Crippen molar-refractivity contribution in [3.05, 3.63) is 0 Å². The Morgan fingerprint density at radius 3 is 1.83 bits per heavy atom. The average Bonchev–Trinajstić information content (AvgIpc) is 3.05. The van der Waals surface area contributed by atoms with Crippen molar-refractivity contribution in [2.24, 2.45) is 5.41 Å². The second-order valence-electron chi connectivity index (χ2n) is 5.49. The molecule has 0 unspecified atom stereocenters. The molecule has 0 spiro atoms. The number of hydrogen-bond donors (Lipinski definition) is 0. The Morgan fingerprint density at radius 2 is 1.33 bits per heavy atom. The molecule has 0 bridgehead atoms. The van der Waals surface area contributed by atoms with Crippen LogP contribution in [0.25, 0.3) is 0 Å². The van der Waals surface area contributed by atoms with Crippen molar-refractivity contribution in [3.8, 4) is 0 Å². The predicted octanol–water partition coefficient (Wildman–Crippen LogP) is 0.248. The molecule has 0 aromatic rings. The van der Waals surface area contributed by atoms with Gasteiger partial charge in [0.1, 0.15) is 5.41 Å². The molecule has 0 aromatic heterocycles. The Labute approximate surface area is 107 Å². The Balaban J connectivity index is 1.69. The van der Waals surface area contributed by atoms with Crippen LogP contribution in [0.4, 0.5) is 0 Å². The highest BCUT2D eigenvalue weighted by Gasteiger charge is 2.59. The number of rotatable bonds is 2. The standard InChI is InChI=1S/C13H20N2O3/c16-11(14-5-1-2-6-14)13(3-4-13)12(17)15-7-9-18-10-8-15/h1-10H2. The molecule has 2 saturated heterocycles. The van der Waals surface area contributed by atoms with Crippen LogP contribution in [0.1, 0.15) is 25.7 Å². The lowest BCUT2D eigenvalue weighted by Gasteiger charge is -2.31. The number of carbonyl (C=O) groups excluding carboxylic acids is 2. The van der Waals surface area contributed by atoms with Gasteiger partial charge in [0.25, 0.3) is 0 Å². The van der Waals surface area contributed by atoms with E-state index >= 15 is 0 Å². The number of nitrogens with zero attached hydrogens (tertiary/aromatic N) is 2. The van der Waals surface area contributed by atoms with Crippen LogP contribution in [-0.4, -0.2) is 61.0 Å². The monoisotopic (exact) mass is 252 g/mol. The maximum Gasteiger partial charge on any atom is 0.238 e. The smallest absolute Gasteiger partial charge is 0.238 e. The molecule has 0 N–H and O–H groups in total. The van der Waals surface area contributed by atoms with Gasteiger partial charge in [0.15, 0.2) is 0 Å². The van der Waals surface area contributed by atoms with Crippen molar-refractivity contribution in [3.63, 3.8) is 0 Å². The Bertz CT molecular complexity index is 353. The fourth-order valence-corrected chi connectivity index (χ4v) is 2.94. The van der Waals surface area contributed by atoms with E-state index in [0.717, 1.165) is 38.8 Å². The highest BCUT2D eigenvalue weighted by atomic mass is 16.5. The molecule has 3 aliphatic rings. The van der Waals surface area contributed by atoms with E-state index in [0.29, 0.717) is 26.3 Å². The maximum atomic E-state index is 12.5. The van der Waals surface area contributed by atoms with E-state index in [9.17, 15) is 9.59 Å². The van der Waals surface area contributed by atoms with Gasteiger partial charge in [-0.05, 0) is 25.7 Å². The van der Waals surface area contributed by atoms with Gasteiger partial charge in [-0.3, -0.25) is 9.59 Å². The molecular formula is C13H20N2O3. The first-order chi connectivity index (χ1) is 8.74. The third-order valence-electron chi connectivity index (χ3n) is 4.26. The number of amides is 2. The van der Waals surface area contributed by atoms with Crippen LogP contribution in [-0.2, 0) is 14.3 Å². The molecule has 1 aliphatic carbocycles. The number of ether oxygens (including phenoxy) is 1. The topological polar surface area (TPSA) is 49.9 Å². The lowest BCUT2D eigenvalue weighted by molar-refractivity contribution is -0.151. The van der Waals surface area contributed by atoms with Crippen molar-refractivity contribution in [1.29, 1.82) is 0 Å². The molecule has 5 nitrogen and oxygen atoms in total. The normalized spacial score (nSPS) is 26.2. The molecule has 2 amide bonds. The Morgan fingerprint density at radius 1 is 0.833 bits per heavy atom. The summed E-state index contributed by atoms with van der Waals surface area (Å²) in [7, 11) is 0. The summed E-state index contributed by atoms with van der Waals surface area (Å²) in [5.74, 6) is 0.124. The van der Waals surface area contributed by atoms with Gasteiger partial charge in [-0.15, -0.1) is 0 Å². The third kappa shape index (κ3) is 1.90. The van der Waals surface area contributed by atoms with Crippen molar-refractivity contribution < 1.29 is 14.3 Å². The summed E-state index contributed by atoms with van der Waals surface area (Å²) in [6.45, 7) is 4.12. The quantitative estimate of drug-likeness (QED) is 0.662. The summed E-state index contributed by atoms with van der Waals surface area (Å²) >= 11 is 0. The zero-order valence-electron chi connectivity index (χ0n) is 10.7. The molecule has 0 atom stereocenters. The van der Waals surface area contributed by atoms with E-state index in [1.165, 1.54) is 0 Å². The molecule has 5 heteroatoms. The lowest BCUT2D eigenvalue weighted by atomic mass is 10.0. The highest BCUT2D eigenvalue weighted by Crippen LogP contribution is 2.49. The Kier molecular flexibility index (Phi) is 3.01. The van der Waals surface area contributed by atoms with Crippen LogP contribution < -0.4 is 0 Å². The van der Waals surface area contributed by atoms with Gasteiger partial charge in [-0.25, -0.2) is 0 Å². The van der Waals surface area contributed by atoms with Gasteiger partial charge in [-0.2, -0.15) is 0 Å². The summed E-state index contributed by atoms with van der Waals surface area (Å²) in [6.07, 6.45) is 3.62. The van der Waals surface area contributed by atoms with Gasteiger partial charge in [0.05, 0.1) is 13.2 Å². The molecule has 2 heterocycles. The minimum atomic E-state index is -0.693. The number of carbonyl (C=O) groups is 2. The zero-order chi connectivity index (χ0) is 12.6. The molecule has 100 valence electrons. The van der Waals surface area contributed by atoms with Crippen molar-refractivity contribution in [2.75, 3.05) is 39.4 Å². The third-order valence-corrected chi connectivity index (χ3v) is 4.26. The summed E-state index contributed by atoms with van der Waals surface area (Å²) in [6, 6.07) is 0. The predicted molar refractivity (Wildman–Crippen MR) is 64.9 cm³/mol. The highest BCUT2D eigenvalue weighted by molar-refractivity contribution is 6.07. The second-order valence-corrected chi connectivity index (χ2v) is 5.49. The molecule has 1 saturated carbocycles. The largest absolute Gasteiger partial charge is 0.378 e. The summed E-state index contributed by atoms with van der Waals surface area (Å²) < 4.78 is 5.25. The molecule has 0 radical (unpaired) electrons. The summed E-state index contributed by atoms with van der Waals surface area (Å²) in [4.78, 5) is 28.7. The maximum absolute atomic E-state index is 12.5. The van der Waals surface area contributed by atoms with E-state index in [4.69, 9.17) is 4.74 Å². The first-order valence-corrected chi connectivity index (χ1v) is 6.90. The molecule has 18 heavy (non-hydrogen) atoms. The van der Waals surface area contributed by atoms with Gasteiger partial charge < -0.3 is 14.5 Å². The van der Waals surface area contributed by atoms with Crippen LogP contribution in [0.2, 0.25) is 0 Å². The molecule has 3 fully saturated rings. The van der Waals surface area contributed by atoms with E-state index < -0.39 is 5.41 Å². The van der Waals surface area contributed by atoms with Gasteiger partial charge >= 0.3 is 0 Å². The van der Waals surface area contributed by atoms with Gasteiger partial charge in [-0.1, -0.05) is 0 Å². The van der Waals surface area contributed by atoms with Gasteiger partial charge in [0, 0.05) is 26.2 Å². The second kappa shape index (κ2) is 4.53. The lowest BCUT2D eigenvalue weighted by Crippen LogP contribution is -2.49. The van der Waals surface area contributed by atoms with Crippen molar-refractivity contribution in [2.45, 2.75) is 25.7 Å². The first kappa shape index (κ1) is 12.0. The molecular weight excluding hydrogens is 232 g/mol. The summed E-state index contributed by atoms with van der Waals surface area (Å²) in [5.41, 5.74) is -0.693. The fraction of sp³-hybridized carbons (Fsp3) is 0.846. The first-order valence-electron chi connectivity index (χ1n) is 6.90. The molecule has 2 aliphatic heterocycles. The Hall–Kier alpha value is -1.10. The van der Waals surface area contributed by atoms with E-state index in [1.807, 2.05) is 9.80 Å². The molecule has 3 rings (SSSR count). The number of likely N-dealkylation sites (tertiary alicyclic amines) is 1. The van der Waals surface area contributed by atoms with Crippen LogP contribution >= 0.6 is 0 Å². The zero-order valence-corrected chi connectivity index (χ0v) is 10.7. The van der Waals surface area contributed by atoms with E-state index in [-0.39, 0.29) is 11.8 Å². The van der Waals surface area contributed by atoms with Gasteiger partial charge in [0.2, 0.25) is 11.8 Å². The van der Waals surface area contributed by atoms with Crippen LogP contribution in [0.15, 0.2) is 0 Å². The SMILES string of the molecule is O=C(N1CCCC1)C1(C(=O)N2CCOCC2)CC1. The average molecular weight is 252 g/mol. The minimum Gasteiger partial charge on any atom is -0.378 e. The van der Waals surface area contributed by atoms with Crippen LogP contribution in [0.5, 0.6) is 0 Å².